The Morgan fingerprint density at radius 2 is 1.70 bits per heavy atom. The van der Waals surface area contributed by atoms with Crippen molar-refractivity contribution < 1.29 is 13.2 Å². The van der Waals surface area contributed by atoms with Crippen LogP contribution >= 0.6 is 0 Å². The first-order chi connectivity index (χ1) is 14.5. The molecule has 1 aliphatic carbocycles. The number of hydrogen-bond acceptors (Lipinski definition) is 4. The molecule has 7 heteroatoms. The maximum absolute atomic E-state index is 13.1. The number of sulfone groups is 1. The van der Waals surface area contributed by atoms with Crippen LogP contribution in [-0.2, 0) is 22.1 Å². The fraction of sp³-hybridized carbons (Fsp3) is 0.304. The zero-order chi connectivity index (χ0) is 21.1. The molecule has 0 N–H and O–H groups in total. The van der Waals surface area contributed by atoms with Crippen LogP contribution in [0.15, 0.2) is 72.0 Å². The standard InChI is InChI=1S/C23H25N3O3S/c1-2-25(22(27)19-11-7-4-8-12-19)16-21-15-24-23(26(21)20-13-14-20)30(28,29)17-18-9-5-3-6-10-18/h3-12,15,20H,2,13-14,16-17H2,1H3. The highest BCUT2D eigenvalue weighted by Gasteiger charge is 2.34. The van der Waals surface area contributed by atoms with Crippen LogP contribution in [0.3, 0.4) is 0 Å². The smallest absolute Gasteiger partial charge is 0.254 e. The van der Waals surface area contributed by atoms with Crippen molar-refractivity contribution >= 4 is 15.7 Å². The molecule has 0 aliphatic heterocycles. The Morgan fingerprint density at radius 3 is 2.30 bits per heavy atom. The van der Waals surface area contributed by atoms with E-state index in [0.717, 1.165) is 24.1 Å². The Kier molecular flexibility index (Phi) is 5.72. The second kappa shape index (κ2) is 8.44. The lowest BCUT2D eigenvalue weighted by atomic mass is 10.2. The summed E-state index contributed by atoms with van der Waals surface area (Å²) in [5.41, 5.74) is 2.11. The summed E-state index contributed by atoms with van der Waals surface area (Å²) in [6.45, 7) is 2.77. The van der Waals surface area contributed by atoms with E-state index in [0.29, 0.717) is 18.7 Å². The van der Waals surface area contributed by atoms with E-state index in [9.17, 15) is 13.2 Å². The van der Waals surface area contributed by atoms with Crippen molar-refractivity contribution in [3.8, 4) is 0 Å². The molecule has 6 nitrogen and oxygen atoms in total. The van der Waals surface area contributed by atoms with Gasteiger partial charge in [0.25, 0.3) is 5.91 Å². The highest BCUT2D eigenvalue weighted by atomic mass is 32.2. The molecule has 0 radical (unpaired) electrons. The van der Waals surface area contributed by atoms with Crippen LogP contribution in [-0.4, -0.2) is 35.3 Å². The van der Waals surface area contributed by atoms with Gasteiger partial charge in [-0.05, 0) is 37.5 Å². The summed E-state index contributed by atoms with van der Waals surface area (Å²) in [5.74, 6) is -0.160. The zero-order valence-corrected chi connectivity index (χ0v) is 17.8. The fourth-order valence-corrected chi connectivity index (χ4v) is 5.13. The summed E-state index contributed by atoms with van der Waals surface area (Å²) in [7, 11) is -3.59. The number of carbonyl (C=O) groups is 1. The third-order valence-corrected chi connectivity index (χ3v) is 6.84. The van der Waals surface area contributed by atoms with Crippen LogP contribution in [0.5, 0.6) is 0 Å². The lowest BCUT2D eigenvalue weighted by molar-refractivity contribution is 0.0748. The topological polar surface area (TPSA) is 72.3 Å². The Morgan fingerprint density at radius 1 is 1.07 bits per heavy atom. The molecule has 0 atom stereocenters. The normalized spacial score (nSPS) is 13.9. The van der Waals surface area contributed by atoms with Gasteiger partial charge in [0.05, 0.1) is 24.2 Å². The molecule has 0 unspecified atom stereocenters. The van der Waals surface area contributed by atoms with E-state index >= 15 is 0 Å². The van der Waals surface area contributed by atoms with E-state index in [1.807, 2.05) is 47.9 Å². The molecule has 2 aromatic carbocycles. The lowest BCUT2D eigenvalue weighted by Gasteiger charge is -2.22. The summed E-state index contributed by atoms with van der Waals surface area (Å²) < 4.78 is 28.1. The molecule has 4 rings (SSSR count). The second-order valence-corrected chi connectivity index (χ2v) is 9.45. The summed E-state index contributed by atoms with van der Waals surface area (Å²) in [6.07, 6.45) is 3.46. The number of nitrogens with zero attached hydrogens (tertiary/aromatic N) is 3. The quantitative estimate of drug-likeness (QED) is 0.552. The molecule has 0 spiro atoms. The molecular formula is C23H25N3O3S. The molecule has 156 valence electrons. The van der Waals surface area contributed by atoms with Crippen LogP contribution in [0.2, 0.25) is 0 Å². The van der Waals surface area contributed by atoms with Crippen molar-refractivity contribution in [3.05, 3.63) is 83.7 Å². The van der Waals surface area contributed by atoms with Gasteiger partial charge >= 0.3 is 0 Å². The molecule has 1 fully saturated rings. The van der Waals surface area contributed by atoms with Gasteiger partial charge in [0.15, 0.2) is 0 Å². The molecule has 1 aliphatic rings. The summed E-state index contributed by atoms with van der Waals surface area (Å²) in [4.78, 5) is 18.9. The van der Waals surface area contributed by atoms with Crippen LogP contribution in [0.4, 0.5) is 0 Å². The SMILES string of the molecule is CCN(Cc1cnc(S(=O)(=O)Cc2ccccc2)n1C1CC1)C(=O)c1ccccc1. The van der Waals surface area contributed by atoms with Crippen LogP contribution in [0, 0.1) is 0 Å². The van der Waals surface area contributed by atoms with Crippen LogP contribution < -0.4 is 0 Å². The molecule has 30 heavy (non-hydrogen) atoms. The maximum Gasteiger partial charge on any atom is 0.254 e. The van der Waals surface area contributed by atoms with E-state index in [1.165, 1.54) is 0 Å². The van der Waals surface area contributed by atoms with E-state index < -0.39 is 9.84 Å². The first-order valence-electron chi connectivity index (χ1n) is 10.2. The minimum absolute atomic E-state index is 0.0738. The average Bonchev–Trinajstić information content (AvgIpc) is 3.51. The highest BCUT2D eigenvalue weighted by molar-refractivity contribution is 7.90. The maximum atomic E-state index is 13.1. The van der Waals surface area contributed by atoms with Gasteiger partial charge in [-0.1, -0.05) is 48.5 Å². The first kappa shape index (κ1) is 20.3. The molecule has 1 saturated carbocycles. The minimum Gasteiger partial charge on any atom is -0.333 e. The molecule has 3 aromatic rings. The third kappa shape index (κ3) is 4.31. The monoisotopic (exact) mass is 423 g/mol. The van der Waals surface area contributed by atoms with Crippen molar-refractivity contribution in [1.29, 1.82) is 0 Å². The molecule has 0 saturated heterocycles. The summed E-state index contributed by atoms with van der Waals surface area (Å²) in [5, 5.41) is 0.104. The van der Waals surface area contributed by atoms with Gasteiger partial charge in [-0.3, -0.25) is 4.79 Å². The number of amides is 1. The van der Waals surface area contributed by atoms with Crippen molar-refractivity contribution in [2.45, 2.75) is 43.3 Å². The minimum atomic E-state index is -3.59. The van der Waals surface area contributed by atoms with Gasteiger partial charge in [-0.15, -0.1) is 0 Å². The van der Waals surface area contributed by atoms with Gasteiger partial charge < -0.3 is 9.47 Å². The number of rotatable bonds is 8. The molecule has 1 heterocycles. The lowest BCUT2D eigenvalue weighted by Crippen LogP contribution is -2.31. The number of benzene rings is 2. The average molecular weight is 424 g/mol. The molecule has 1 aromatic heterocycles. The van der Waals surface area contributed by atoms with Gasteiger partial charge in [-0.25, -0.2) is 13.4 Å². The van der Waals surface area contributed by atoms with Gasteiger partial charge in [0, 0.05) is 18.2 Å². The number of aromatic nitrogens is 2. The second-order valence-electron chi connectivity index (χ2n) is 7.56. The zero-order valence-electron chi connectivity index (χ0n) is 16.9. The molecule has 1 amide bonds. The van der Waals surface area contributed by atoms with Gasteiger partial charge in [0.1, 0.15) is 0 Å². The fourth-order valence-electron chi connectivity index (χ4n) is 3.59. The predicted molar refractivity (Wildman–Crippen MR) is 115 cm³/mol. The summed E-state index contributed by atoms with van der Waals surface area (Å²) >= 11 is 0. The number of hydrogen-bond donors (Lipinski definition) is 0. The number of imidazole rings is 1. The Hall–Kier alpha value is -2.93. The Balaban J connectivity index is 1.62. The van der Waals surface area contributed by atoms with E-state index in [4.69, 9.17) is 0 Å². The Bertz CT molecular complexity index is 1120. The molecule has 0 bridgehead atoms. The van der Waals surface area contributed by atoms with Crippen molar-refractivity contribution in [2.24, 2.45) is 0 Å². The van der Waals surface area contributed by atoms with E-state index in [-0.39, 0.29) is 22.9 Å². The van der Waals surface area contributed by atoms with Crippen LogP contribution in [0.25, 0.3) is 0 Å². The first-order valence-corrected chi connectivity index (χ1v) is 11.8. The largest absolute Gasteiger partial charge is 0.333 e. The predicted octanol–water partition coefficient (Wildman–Crippen LogP) is 3.85. The summed E-state index contributed by atoms with van der Waals surface area (Å²) in [6, 6.07) is 18.4. The third-order valence-electron chi connectivity index (χ3n) is 5.27. The van der Waals surface area contributed by atoms with Crippen molar-refractivity contribution in [1.82, 2.24) is 14.5 Å². The van der Waals surface area contributed by atoms with E-state index in [2.05, 4.69) is 4.98 Å². The van der Waals surface area contributed by atoms with Crippen molar-refractivity contribution in [2.75, 3.05) is 6.54 Å². The highest BCUT2D eigenvalue weighted by Crippen LogP contribution is 2.39. The molecular weight excluding hydrogens is 398 g/mol. The Labute approximate surface area is 177 Å². The van der Waals surface area contributed by atoms with E-state index in [1.54, 1.807) is 35.4 Å². The van der Waals surface area contributed by atoms with Gasteiger partial charge in [0.2, 0.25) is 15.0 Å². The van der Waals surface area contributed by atoms with Crippen molar-refractivity contribution in [3.63, 3.8) is 0 Å². The van der Waals surface area contributed by atoms with Crippen LogP contribution in [0.1, 0.15) is 47.4 Å². The van der Waals surface area contributed by atoms with Gasteiger partial charge in [-0.2, -0.15) is 0 Å². The number of carbonyl (C=O) groups excluding carboxylic acids is 1.